The molecule has 4 fully saturated rings. The lowest BCUT2D eigenvalue weighted by Gasteiger charge is -2.38. The zero-order chi connectivity index (χ0) is 35.3. The van der Waals surface area contributed by atoms with Gasteiger partial charge in [-0.1, -0.05) is 74.7 Å². The number of carbonyl (C=O) groups is 6. The van der Waals surface area contributed by atoms with Crippen molar-refractivity contribution in [2.24, 2.45) is 23.2 Å². The molecule has 0 aromatic carbocycles. The van der Waals surface area contributed by atoms with E-state index in [4.69, 9.17) is 0 Å². The predicted octanol–water partition coefficient (Wildman–Crippen LogP) is 4.17. The molecule has 0 radical (unpaired) electrons. The van der Waals surface area contributed by atoms with Gasteiger partial charge < -0.3 is 26.2 Å². The van der Waals surface area contributed by atoms with Crippen LogP contribution in [0.25, 0.3) is 0 Å². The number of ketones is 1. The third-order valence-corrected chi connectivity index (χ3v) is 10.7. The molecule has 13 nitrogen and oxygen atoms in total. The van der Waals surface area contributed by atoms with Gasteiger partial charge in [0.05, 0.1) is 12.2 Å². The fourth-order valence-corrected chi connectivity index (χ4v) is 7.87. The number of fused-ring (bicyclic) bond motifs is 1. The topological polar surface area (TPSA) is 180 Å². The van der Waals surface area contributed by atoms with Crippen molar-refractivity contribution in [1.29, 1.82) is 0 Å². The van der Waals surface area contributed by atoms with Gasteiger partial charge in [-0.2, -0.15) is 54.0 Å². The van der Waals surface area contributed by atoms with E-state index >= 15 is 0 Å². The fraction of sp³-hybridized carbons (Fsp3) is 0.737. The molecule has 5 amide bonds. The van der Waals surface area contributed by atoms with Gasteiger partial charge in [-0.05, 0) is 68.1 Å². The third kappa shape index (κ3) is 13.8. The Morgan fingerprint density at radius 1 is 0.836 bits per heavy atom. The van der Waals surface area contributed by atoms with Gasteiger partial charge in [-0.3, -0.25) is 33.8 Å². The van der Waals surface area contributed by atoms with E-state index in [1.165, 1.54) is 18.6 Å². The fourth-order valence-electron chi connectivity index (χ4n) is 7.87. The molecule has 0 unspecified atom stereocenters. The molecule has 1 aromatic rings. The summed E-state index contributed by atoms with van der Waals surface area (Å²) in [7, 11) is 0. The molecule has 5 rings (SSSR count). The number of hydrogen-bond acceptors (Lipinski definition) is 8. The molecule has 6 atom stereocenters. The number of carbonyl (C=O) groups excluding carboxylic acids is 6. The standard InChI is InChI=1S/C36H53N7O6.2CH4.4H2S/c1-5-10-25(29(44)34(48)39-23-15-16-23)40-33(47)28-24-14-9-13-22(24)20-43(28)35(49)30(36(2,3)4)42-32(46)27(21-11-7-6-8-12-21)41-31(45)26-19-37-17-18-38-26;;;;;;/h17-19,21-25,27-28,30H,5-16,20H2,1-4H3,(H,39,48)(H,40,47)(H,41,45)(H,42,46);2*1H4;4*1H2/t22-,24+,25+,27-,28+,30+;;;;;;/m1....../s1. The van der Waals surface area contributed by atoms with Crippen LogP contribution in [0.2, 0.25) is 0 Å². The van der Waals surface area contributed by atoms with Gasteiger partial charge in [-0.25, -0.2) is 4.98 Å². The minimum atomic E-state index is -0.994. The van der Waals surface area contributed by atoms with E-state index in [0.717, 1.165) is 64.2 Å². The summed E-state index contributed by atoms with van der Waals surface area (Å²) in [5.74, 6) is -3.20. The minimum absolute atomic E-state index is 0. The molecule has 4 aliphatic rings. The Hall–Kier alpha value is -2.50. The molecule has 2 heterocycles. The van der Waals surface area contributed by atoms with Crippen LogP contribution < -0.4 is 21.3 Å². The van der Waals surface area contributed by atoms with Crippen LogP contribution in [0.3, 0.4) is 0 Å². The molecular formula is C38H69N7O6S4. The maximum absolute atomic E-state index is 14.6. The van der Waals surface area contributed by atoms with E-state index < -0.39 is 59.0 Å². The Labute approximate surface area is 356 Å². The van der Waals surface area contributed by atoms with Gasteiger partial charge in [0.15, 0.2) is 0 Å². The lowest BCUT2D eigenvalue weighted by molar-refractivity contribution is -0.146. The summed E-state index contributed by atoms with van der Waals surface area (Å²) < 4.78 is 0. The molecule has 1 aliphatic heterocycles. The molecular weight excluding hydrogens is 779 g/mol. The van der Waals surface area contributed by atoms with Crippen LogP contribution in [0.5, 0.6) is 0 Å². The highest BCUT2D eigenvalue weighted by Gasteiger charge is 2.52. The summed E-state index contributed by atoms with van der Waals surface area (Å²) in [5, 5.41) is 11.5. The molecule has 1 aromatic heterocycles. The first-order chi connectivity index (χ1) is 23.4. The highest BCUT2D eigenvalue weighted by atomic mass is 32.1. The minimum Gasteiger partial charge on any atom is -0.347 e. The number of nitrogens with one attached hydrogen (secondary N) is 4. The first-order valence-corrected chi connectivity index (χ1v) is 18.2. The summed E-state index contributed by atoms with van der Waals surface area (Å²) >= 11 is 0. The number of aromatic nitrogens is 2. The molecule has 1 saturated heterocycles. The van der Waals surface area contributed by atoms with Crippen molar-refractivity contribution in [3.05, 3.63) is 24.3 Å². The van der Waals surface area contributed by atoms with E-state index in [9.17, 15) is 28.8 Å². The van der Waals surface area contributed by atoms with E-state index in [0.29, 0.717) is 19.4 Å². The maximum atomic E-state index is 14.6. The second-order valence-corrected chi connectivity index (χ2v) is 15.5. The molecule has 3 aliphatic carbocycles. The van der Waals surface area contributed by atoms with Crippen LogP contribution in [0.15, 0.2) is 18.6 Å². The van der Waals surface area contributed by atoms with Crippen LogP contribution >= 0.6 is 54.0 Å². The molecule has 55 heavy (non-hydrogen) atoms. The molecule has 4 N–H and O–H groups in total. The Morgan fingerprint density at radius 3 is 2.05 bits per heavy atom. The van der Waals surface area contributed by atoms with Crippen molar-refractivity contribution in [3.63, 3.8) is 0 Å². The van der Waals surface area contributed by atoms with Crippen LogP contribution in [0.1, 0.15) is 130 Å². The SMILES string of the molecule is C.C.CCC[C@H](NC(=O)[C@@H]1[C@H]2CCC[C@@H]2CN1C(=O)[C@H](NC(=O)[C@H](NC(=O)c1cnccn1)C1CCCCC1)C(C)(C)C)C(=O)C(=O)NC1CC1.S.S.S.S. The van der Waals surface area contributed by atoms with Crippen LogP contribution in [-0.2, 0) is 24.0 Å². The van der Waals surface area contributed by atoms with Crippen molar-refractivity contribution in [1.82, 2.24) is 36.1 Å². The number of nitrogens with zero attached hydrogens (tertiary/aromatic N) is 3. The maximum Gasteiger partial charge on any atom is 0.289 e. The number of Topliss-reactive ketones (excluding diaryl/α,β-unsaturated/α-hetero) is 1. The average Bonchev–Trinajstić information content (AvgIpc) is 3.65. The van der Waals surface area contributed by atoms with Gasteiger partial charge >= 0.3 is 0 Å². The Morgan fingerprint density at radius 2 is 1.49 bits per heavy atom. The average molecular weight is 848 g/mol. The van der Waals surface area contributed by atoms with E-state index in [2.05, 4.69) is 31.2 Å². The summed E-state index contributed by atoms with van der Waals surface area (Å²) in [4.78, 5) is 91.4. The molecule has 3 saturated carbocycles. The first kappa shape index (κ1) is 54.6. The Kier molecular flexibility index (Phi) is 24.1. The van der Waals surface area contributed by atoms with Crippen molar-refractivity contribution >= 4 is 89.3 Å². The number of rotatable bonds is 13. The van der Waals surface area contributed by atoms with Crippen LogP contribution in [0, 0.1) is 23.2 Å². The van der Waals surface area contributed by atoms with Gasteiger partial charge in [-0.15, -0.1) is 0 Å². The Bertz CT molecular complexity index is 1410. The van der Waals surface area contributed by atoms with E-state index in [1.54, 1.807) is 4.90 Å². The number of hydrogen-bond donors (Lipinski definition) is 4. The summed E-state index contributed by atoms with van der Waals surface area (Å²) in [6.45, 7) is 7.85. The molecule has 316 valence electrons. The summed E-state index contributed by atoms with van der Waals surface area (Å²) in [5.41, 5.74) is -0.638. The monoisotopic (exact) mass is 847 g/mol. The second kappa shape index (κ2) is 24.3. The first-order valence-electron chi connectivity index (χ1n) is 18.2. The largest absolute Gasteiger partial charge is 0.347 e. The third-order valence-electron chi connectivity index (χ3n) is 10.7. The van der Waals surface area contributed by atoms with Crippen LogP contribution in [-0.4, -0.2) is 86.9 Å². The van der Waals surface area contributed by atoms with Crippen molar-refractivity contribution < 1.29 is 28.8 Å². The van der Waals surface area contributed by atoms with Gasteiger partial charge in [0, 0.05) is 25.0 Å². The zero-order valence-electron chi connectivity index (χ0n) is 31.3. The number of likely N-dealkylation sites (tertiary alicyclic amines) is 1. The molecule has 17 heteroatoms. The van der Waals surface area contributed by atoms with E-state index in [-0.39, 0.29) is 104 Å². The van der Waals surface area contributed by atoms with Gasteiger partial charge in [0.1, 0.15) is 23.8 Å². The lowest BCUT2D eigenvalue weighted by Crippen LogP contribution is -2.62. The van der Waals surface area contributed by atoms with Crippen molar-refractivity contribution in [2.45, 2.75) is 150 Å². The molecule has 0 spiro atoms. The smallest absolute Gasteiger partial charge is 0.289 e. The lowest BCUT2D eigenvalue weighted by atomic mass is 9.82. The zero-order valence-corrected chi connectivity index (χ0v) is 35.3. The normalized spacial score (nSPS) is 21.6. The van der Waals surface area contributed by atoms with Gasteiger partial charge in [0.2, 0.25) is 23.5 Å². The van der Waals surface area contributed by atoms with Gasteiger partial charge in [0.25, 0.3) is 11.8 Å². The quantitative estimate of drug-likeness (QED) is 0.214. The highest BCUT2D eigenvalue weighted by molar-refractivity contribution is 7.59. The van der Waals surface area contributed by atoms with Crippen LogP contribution in [0.4, 0.5) is 0 Å². The molecule has 0 bridgehead atoms. The van der Waals surface area contributed by atoms with Crippen molar-refractivity contribution in [3.8, 4) is 0 Å². The highest BCUT2D eigenvalue weighted by Crippen LogP contribution is 2.43. The second-order valence-electron chi connectivity index (χ2n) is 15.5. The van der Waals surface area contributed by atoms with E-state index in [1.807, 2.05) is 27.7 Å². The predicted molar refractivity (Wildman–Crippen MR) is 236 cm³/mol. The summed E-state index contributed by atoms with van der Waals surface area (Å²) in [6.07, 6.45) is 13.9. The number of amides is 5. The summed E-state index contributed by atoms with van der Waals surface area (Å²) in [6, 6.07) is -3.68. The Balaban J connectivity index is 0. The van der Waals surface area contributed by atoms with Crippen molar-refractivity contribution in [2.75, 3.05) is 6.54 Å².